The number of nitrogens with zero attached hydrogens (tertiary/aromatic N) is 3. The van der Waals surface area contributed by atoms with Crippen LogP contribution in [0.3, 0.4) is 0 Å². The minimum Gasteiger partial charge on any atom is -0.294 e. The van der Waals surface area contributed by atoms with Crippen LogP contribution in [0.4, 0.5) is 11.9 Å². The fourth-order valence-electron chi connectivity index (χ4n) is 2.87. The Hall–Kier alpha value is -2.90. The highest BCUT2D eigenvalue weighted by atomic mass is 35.5. The van der Waals surface area contributed by atoms with Crippen LogP contribution in [-0.2, 0) is 5.75 Å². The van der Waals surface area contributed by atoms with E-state index >= 15 is 0 Å². The summed E-state index contributed by atoms with van der Waals surface area (Å²) in [6, 6.07) is 15.1. The number of benzene rings is 2. The molecular formula is C21H18ClN5OS. The SMILES string of the molecule is Cc1ccc2c(C)nc(Nc3nc(SCc4ccc(Cl)cc4)cc(=O)[nH]3)nc2c1. The van der Waals surface area contributed by atoms with Gasteiger partial charge in [-0.25, -0.2) is 15.0 Å². The molecule has 0 amide bonds. The second-order valence-corrected chi connectivity index (χ2v) is 8.06. The first kappa shape index (κ1) is 19.4. The fraction of sp³-hybridized carbons (Fsp3) is 0.143. The van der Waals surface area contributed by atoms with Crippen molar-refractivity contribution in [3.05, 3.63) is 80.7 Å². The van der Waals surface area contributed by atoms with Crippen molar-refractivity contribution in [2.75, 3.05) is 5.32 Å². The van der Waals surface area contributed by atoms with Gasteiger partial charge in [-0.15, -0.1) is 11.8 Å². The Bertz CT molecular complexity index is 1240. The smallest absolute Gasteiger partial charge is 0.253 e. The highest BCUT2D eigenvalue weighted by Crippen LogP contribution is 2.23. The van der Waals surface area contributed by atoms with Gasteiger partial charge in [-0.2, -0.15) is 0 Å². The van der Waals surface area contributed by atoms with E-state index in [1.54, 1.807) is 0 Å². The maximum atomic E-state index is 12.1. The molecule has 2 aromatic heterocycles. The molecule has 0 aliphatic carbocycles. The van der Waals surface area contributed by atoms with Crippen LogP contribution in [0.15, 0.2) is 58.4 Å². The Morgan fingerprint density at radius 1 is 1.03 bits per heavy atom. The molecule has 0 saturated carbocycles. The van der Waals surface area contributed by atoms with Crippen molar-refractivity contribution in [2.45, 2.75) is 24.6 Å². The monoisotopic (exact) mass is 423 g/mol. The summed E-state index contributed by atoms with van der Waals surface area (Å²) >= 11 is 7.39. The largest absolute Gasteiger partial charge is 0.294 e. The molecule has 4 rings (SSSR count). The van der Waals surface area contributed by atoms with Crippen LogP contribution in [0.2, 0.25) is 5.02 Å². The molecule has 0 spiro atoms. The summed E-state index contributed by atoms with van der Waals surface area (Å²) in [7, 11) is 0. The van der Waals surface area contributed by atoms with E-state index in [0.29, 0.717) is 27.7 Å². The van der Waals surface area contributed by atoms with Gasteiger partial charge < -0.3 is 0 Å². The van der Waals surface area contributed by atoms with Crippen molar-refractivity contribution in [1.29, 1.82) is 0 Å². The summed E-state index contributed by atoms with van der Waals surface area (Å²) in [5.41, 5.74) is 3.67. The first-order chi connectivity index (χ1) is 14.0. The summed E-state index contributed by atoms with van der Waals surface area (Å²) in [4.78, 5) is 28.3. The number of aromatic amines is 1. The zero-order valence-electron chi connectivity index (χ0n) is 15.9. The fourth-order valence-corrected chi connectivity index (χ4v) is 3.85. The molecule has 29 heavy (non-hydrogen) atoms. The van der Waals surface area contributed by atoms with Crippen molar-refractivity contribution in [1.82, 2.24) is 19.9 Å². The van der Waals surface area contributed by atoms with Gasteiger partial charge in [0, 0.05) is 22.2 Å². The van der Waals surface area contributed by atoms with Crippen LogP contribution < -0.4 is 10.9 Å². The molecule has 2 heterocycles. The van der Waals surface area contributed by atoms with Crippen molar-refractivity contribution in [3.8, 4) is 0 Å². The number of H-pyrrole nitrogens is 1. The molecule has 0 aliphatic heterocycles. The number of anilines is 2. The average molecular weight is 424 g/mol. The van der Waals surface area contributed by atoms with Crippen molar-refractivity contribution in [3.63, 3.8) is 0 Å². The number of nitrogens with one attached hydrogen (secondary N) is 2. The van der Waals surface area contributed by atoms with E-state index in [1.165, 1.54) is 17.8 Å². The van der Waals surface area contributed by atoms with E-state index in [-0.39, 0.29) is 5.56 Å². The number of hydrogen-bond acceptors (Lipinski definition) is 6. The zero-order chi connectivity index (χ0) is 20.4. The molecule has 0 radical (unpaired) electrons. The van der Waals surface area contributed by atoms with E-state index in [0.717, 1.165) is 27.7 Å². The molecule has 2 aromatic carbocycles. The zero-order valence-corrected chi connectivity index (χ0v) is 17.4. The summed E-state index contributed by atoms with van der Waals surface area (Å²) in [6.07, 6.45) is 0. The predicted molar refractivity (Wildman–Crippen MR) is 118 cm³/mol. The molecular weight excluding hydrogens is 406 g/mol. The van der Waals surface area contributed by atoms with Crippen LogP contribution in [-0.4, -0.2) is 19.9 Å². The second-order valence-electron chi connectivity index (χ2n) is 6.63. The molecule has 6 nitrogen and oxygen atoms in total. The van der Waals surface area contributed by atoms with E-state index < -0.39 is 0 Å². The highest BCUT2D eigenvalue weighted by molar-refractivity contribution is 7.98. The van der Waals surface area contributed by atoms with Gasteiger partial charge in [0.25, 0.3) is 5.56 Å². The van der Waals surface area contributed by atoms with Gasteiger partial charge >= 0.3 is 0 Å². The van der Waals surface area contributed by atoms with Crippen molar-refractivity contribution >= 4 is 46.2 Å². The summed E-state index contributed by atoms with van der Waals surface area (Å²) in [5, 5.41) is 5.32. The molecule has 2 N–H and O–H groups in total. The van der Waals surface area contributed by atoms with Gasteiger partial charge in [-0.3, -0.25) is 15.1 Å². The Balaban J connectivity index is 1.57. The minimum atomic E-state index is -0.241. The first-order valence-electron chi connectivity index (χ1n) is 8.97. The number of hydrogen-bond donors (Lipinski definition) is 2. The minimum absolute atomic E-state index is 0.241. The molecule has 0 fully saturated rings. The predicted octanol–water partition coefficient (Wildman–Crippen LogP) is 5.02. The second kappa shape index (κ2) is 8.23. The van der Waals surface area contributed by atoms with Gasteiger partial charge in [-0.1, -0.05) is 35.9 Å². The average Bonchev–Trinajstić information content (AvgIpc) is 2.67. The Labute approximate surface area is 176 Å². The lowest BCUT2D eigenvalue weighted by atomic mass is 10.1. The van der Waals surface area contributed by atoms with Gasteiger partial charge in [0.05, 0.1) is 11.2 Å². The Morgan fingerprint density at radius 3 is 2.62 bits per heavy atom. The van der Waals surface area contributed by atoms with Gasteiger partial charge in [0.15, 0.2) is 0 Å². The third kappa shape index (κ3) is 4.75. The normalized spacial score (nSPS) is 11.0. The third-order valence-electron chi connectivity index (χ3n) is 4.29. The lowest BCUT2D eigenvalue weighted by Gasteiger charge is -2.09. The topological polar surface area (TPSA) is 83.6 Å². The summed E-state index contributed by atoms with van der Waals surface area (Å²) in [5.74, 6) is 1.38. The lowest BCUT2D eigenvalue weighted by molar-refractivity contribution is 1.01. The molecule has 8 heteroatoms. The molecule has 0 saturated heterocycles. The molecule has 0 unspecified atom stereocenters. The number of fused-ring (bicyclic) bond motifs is 1. The number of aryl methyl sites for hydroxylation is 2. The van der Waals surface area contributed by atoms with Crippen LogP contribution in [0.5, 0.6) is 0 Å². The maximum Gasteiger partial charge on any atom is 0.253 e. The van der Waals surface area contributed by atoms with Crippen LogP contribution >= 0.6 is 23.4 Å². The number of thioether (sulfide) groups is 1. The Morgan fingerprint density at radius 2 is 1.83 bits per heavy atom. The number of halogens is 1. The number of rotatable bonds is 5. The standard InChI is InChI=1S/C21H18ClN5OS/c1-12-3-8-16-13(2)23-20(24-17(16)9-12)27-21-25-18(28)10-19(26-21)29-11-14-4-6-15(22)7-5-14/h3-10H,11H2,1-2H3,(H2,23,24,25,26,27,28). The van der Waals surface area contributed by atoms with Crippen molar-refractivity contribution in [2.24, 2.45) is 0 Å². The first-order valence-corrected chi connectivity index (χ1v) is 10.3. The molecule has 0 aliphatic rings. The molecule has 146 valence electrons. The number of aromatic nitrogens is 4. The van der Waals surface area contributed by atoms with Gasteiger partial charge in [-0.05, 0) is 43.2 Å². The molecule has 4 aromatic rings. The quantitative estimate of drug-likeness (QED) is 0.346. The van der Waals surface area contributed by atoms with Crippen LogP contribution in [0.25, 0.3) is 10.9 Å². The van der Waals surface area contributed by atoms with Crippen molar-refractivity contribution < 1.29 is 0 Å². The Kier molecular flexibility index (Phi) is 5.51. The maximum absolute atomic E-state index is 12.1. The lowest BCUT2D eigenvalue weighted by Crippen LogP contribution is -2.11. The molecule has 0 bridgehead atoms. The van der Waals surface area contributed by atoms with E-state index in [9.17, 15) is 4.79 Å². The van der Waals surface area contributed by atoms with E-state index in [2.05, 4.69) is 25.3 Å². The summed E-state index contributed by atoms with van der Waals surface area (Å²) in [6.45, 7) is 3.95. The van der Waals surface area contributed by atoms with Gasteiger partial charge in [0.1, 0.15) is 5.03 Å². The summed E-state index contributed by atoms with van der Waals surface area (Å²) < 4.78 is 0. The molecule has 0 atom stereocenters. The highest BCUT2D eigenvalue weighted by Gasteiger charge is 2.08. The van der Waals surface area contributed by atoms with Crippen LogP contribution in [0.1, 0.15) is 16.8 Å². The van der Waals surface area contributed by atoms with E-state index in [4.69, 9.17) is 11.6 Å². The third-order valence-corrected chi connectivity index (χ3v) is 5.53. The van der Waals surface area contributed by atoms with E-state index in [1.807, 2.05) is 56.3 Å². The van der Waals surface area contributed by atoms with Gasteiger partial charge in [0.2, 0.25) is 11.9 Å². The van der Waals surface area contributed by atoms with Crippen LogP contribution in [0, 0.1) is 13.8 Å².